The number of para-hydroxylation sites is 1. The quantitative estimate of drug-likeness (QED) is 0.766. The van der Waals surface area contributed by atoms with Crippen LogP contribution in [0.4, 0.5) is 0 Å². The lowest BCUT2D eigenvalue weighted by Crippen LogP contribution is -2.00. The van der Waals surface area contributed by atoms with Crippen molar-refractivity contribution in [2.75, 3.05) is 0 Å². The van der Waals surface area contributed by atoms with Crippen LogP contribution in [0.15, 0.2) is 29.2 Å². The van der Waals surface area contributed by atoms with Crippen molar-refractivity contribution in [3.8, 4) is 11.3 Å². The van der Waals surface area contributed by atoms with Crippen LogP contribution < -0.4 is 5.69 Å². The third kappa shape index (κ3) is 2.11. The normalized spacial score (nSPS) is 11.1. The van der Waals surface area contributed by atoms with Crippen LogP contribution in [0.5, 0.6) is 0 Å². The molecule has 0 saturated heterocycles. The van der Waals surface area contributed by atoms with Crippen LogP contribution in [-0.4, -0.2) is 19.9 Å². The first kappa shape index (κ1) is 12.6. The van der Waals surface area contributed by atoms with Crippen LogP contribution in [0.2, 0.25) is 0 Å². The van der Waals surface area contributed by atoms with Gasteiger partial charge in [0.1, 0.15) is 5.82 Å². The number of fused-ring (bicyclic) bond motifs is 1. The molecule has 2 N–H and O–H groups in total. The molecule has 2 aromatic heterocycles. The molecule has 0 aliphatic carbocycles. The summed E-state index contributed by atoms with van der Waals surface area (Å²) in [7, 11) is 0. The fraction of sp³-hybridized carbons (Fsp3) is 0.267. The van der Waals surface area contributed by atoms with Crippen LogP contribution in [-0.2, 0) is 6.42 Å². The summed E-state index contributed by atoms with van der Waals surface area (Å²) in [5, 5.41) is 0. The number of nitrogens with zero attached hydrogens (tertiary/aromatic N) is 2. The molecule has 0 radical (unpaired) electrons. The number of aromatic amines is 2. The highest BCUT2D eigenvalue weighted by Crippen LogP contribution is 2.27. The maximum absolute atomic E-state index is 11.5. The number of benzene rings is 1. The fourth-order valence-corrected chi connectivity index (χ4v) is 2.44. The molecule has 3 aromatic rings. The maximum atomic E-state index is 11.5. The molecule has 0 aliphatic rings. The summed E-state index contributed by atoms with van der Waals surface area (Å²) in [4.78, 5) is 26.0. The molecule has 5 nitrogen and oxygen atoms in total. The molecule has 20 heavy (non-hydrogen) atoms. The number of aryl methyl sites for hydroxylation is 2. The third-order valence-electron chi connectivity index (χ3n) is 3.31. The lowest BCUT2D eigenvalue weighted by molar-refractivity contribution is 0.894. The van der Waals surface area contributed by atoms with E-state index in [1.165, 1.54) is 0 Å². The largest absolute Gasteiger partial charge is 0.323 e. The van der Waals surface area contributed by atoms with Crippen molar-refractivity contribution >= 4 is 11.0 Å². The predicted molar refractivity (Wildman–Crippen MR) is 78.7 cm³/mol. The van der Waals surface area contributed by atoms with Gasteiger partial charge >= 0.3 is 5.69 Å². The van der Waals surface area contributed by atoms with Gasteiger partial charge in [-0.25, -0.2) is 14.8 Å². The average molecular weight is 268 g/mol. The second-order valence-corrected chi connectivity index (χ2v) is 4.85. The lowest BCUT2D eigenvalue weighted by atomic mass is 10.0. The molecule has 5 heteroatoms. The molecule has 1 aromatic carbocycles. The number of hydrogen-bond donors (Lipinski definition) is 2. The second kappa shape index (κ2) is 4.92. The van der Waals surface area contributed by atoms with E-state index in [1.807, 2.05) is 31.3 Å². The lowest BCUT2D eigenvalue weighted by Gasteiger charge is -2.09. The van der Waals surface area contributed by atoms with Gasteiger partial charge in [0.15, 0.2) is 0 Å². The molecule has 0 bridgehead atoms. The van der Waals surface area contributed by atoms with E-state index in [2.05, 4.69) is 26.9 Å². The Morgan fingerprint density at radius 1 is 1.25 bits per heavy atom. The SMILES string of the molecule is CCCc1cnc(C)nc1-c1cccc2[nH]c(=O)[nH]c12. The Morgan fingerprint density at radius 2 is 2.10 bits per heavy atom. The third-order valence-corrected chi connectivity index (χ3v) is 3.31. The van der Waals surface area contributed by atoms with E-state index >= 15 is 0 Å². The molecule has 0 amide bonds. The molecule has 0 atom stereocenters. The standard InChI is InChI=1S/C15H16N4O/c1-3-5-10-8-16-9(2)17-13(10)11-6-4-7-12-14(11)19-15(20)18-12/h4,6-8H,3,5H2,1-2H3,(H2,18,19,20). The minimum absolute atomic E-state index is 0.199. The van der Waals surface area contributed by atoms with Crippen LogP contribution in [0.3, 0.4) is 0 Å². The van der Waals surface area contributed by atoms with E-state index in [-0.39, 0.29) is 5.69 Å². The van der Waals surface area contributed by atoms with Crippen molar-refractivity contribution in [2.45, 2.75) is 26.7 Å². The Balaban J connectivity index is 2.29. The van der Waals surface area contributed by atoms with Gasteiger partial charge in [0.05, 0.1) is 16.7 Å². The van der Waals surface area contributed by atoms with Crippen LogP contribution in [0, 0.1) is 6.92 Å². The molecule has 102 valence electrons. The first-order chi connectivity index (χ1) is 9.69. The van der Waals surface area contributed by atoms with E-state index in [0.717, 1.165) is 46.5 Å². The highest BCUT2D eigenvalue weighted by molar-refractivity contribution is 5.91. The predicted octanol–water partition coefficient (Wildman–Crippen LogP) is 2.57. The summed E-state index contributed by atoms with van der Waals surface area (Å²) in [6, 6.07) is 5.78. The van der Waals surface area contributed by atoms with Gasteiger partial charge in [0, 0.05) is 11.8 Å². The number of hydrogen-bond acceptors (Lipinski definition) is 3. The Kier molecular flexibility index (Phi) is 3.10. The fourth-order valence-electron chi connectivity index (χ4n) is 2.44. The maximum Gasteiger partial charge on any atom is 0.323 e. The molecule has 2 heterocycles. The number of imidazole rings is 1. The molecule has 0 saturated carbocycles. The zero-order chi connectivity index (χ0) is 14.1. The topological polar surface area (TPSA) is 74.4 Å². The van der Waals surface area contributed by atoms with E-state index in [4.69, 9.17) is 0 Å². The summed E-state index contributed by atoms with van der Waals surface area (Å²) in [6.45, 7) is 4.00. The van der Waals surface area contributed by atoms with Crippen LogP contribution in [0.1, 0.15) is 24.7 Å². The molecule has 0 fully saturated rings. The van der Waals surface area contributed by atoms with E-state index in [9.17, 15) is 4.79 Å². The summed E-state index contributed by atoms with van der Waals surface area (Å²) in [6.07, 6.45) is 3.82. The van der Waals surface area contributed by atoms with Gasteiger partial charge in [0.2, 0.25) is 0 Å². The van der Waals surface area contributed by atoms with E-state index < -0.39 is 0 Å². The molecule has 0 aliphatic heterocycles. The number of nitrogens with one attached hydrogen (secondary N) is 2. The highest BCUT2D eigenvalue weighted by atomic mass is 16.1. The highest BCUT2D eigenvalue weighted by Gasteiger charge is 2.12. The first-order valence-electron chi connectivity index (χ1n) is 6.73. The monoisotopic (exact) mass is 268 g/mol. The Labute approximate surface area is 116 Å². The van der Waals surface area contributed by atoms with E-state index in [0.29, 0.717) is 0 Å². The van der Waals surface area contributed by atoms with Crippen LogP contribution >= 0.6 is 0 Å². The zero-order valence-corrected chi connectivity index (χ0v) is 11.5. The molecular formula is C15H16N4O. The van der Waals surface area contributed by atoms with Gasteiger partial charge < -0.3 is 9.97 Å². The minimum Gasteiger partial charge on any atom is -0.306 e. The molecule has 3 rings (SSSR count). The van der Waals surface area contributed by atoms with Crippen molar-refractivity contribution in [1.29, 1.82) is 0 Å². The van der Waals surface area contributed by atoms with Crippen molar-refractivity contribution in [1.82, 2.24) is 19.9 Å². The summed E-state index contributed by atoms with van der Waals surface area (Å²) in [5.74, 6) is 0.731. The smallest absolute Gasteiger partial charge is 0.306 e. The number of rotatable bonds is 3. The van der Waals surface area contributed by atoms with Crippen molar-refractivity contribution < 1.29 is 0 Å². The van der Waals surface area contributed by atoms with Gasteiger partial charge in [-0.3, -0.25) is 0 Å². The van der Waals surface area contributed by atoms with Crippen molar-refractivity contribution in [3.63, 3.8) is 0 Å². The summed E-state index contributed by atoms with van der Waals surface area (Å²) in [5.41, 5.74) is 4.34. The average Bonchev–Trinajstić information content (AvgIpc) is 2.81. The Bertz CT molecular complexity index is 816. The zero-order valence-electron chi connectivity index (χ0n) is 11.5. The number of aromatic nitrogens is 4. The molecular weight excluding hydrogens is 252 g/mol. The molecule has 0 unspecified atom stereocenters. The molecule has 0 spiro atoms. The minimum atomic E-state index is -0.199. The van der Waals surface area contributed by atoms with E-state index in [1.54, 1.807) is 0 Å². The first-order valence-corrected chi connectivity index (χ1v) is 6.73. The van der Waals surface area contributed by atoms with Gasteiger partial charge in [-0.05, 0) is 25.0 Å². The summed E-state index contributed by atoms with van der Waals surface area (Å²) >= 11 is 0. The second-order valence-electron chi connectivity index (χ2n) is 4.85. The van der Waals surface area contributed by atoms with Gasteiger partial charge in [-0.1, -0.05) is 25.5 Å². The van der Waals surface area contributed by atoms with Gasteiger partial charge in [-0.15, -0.1) is 0 Å². The Morgan fingerprint density at radius 3 is 2.90 bits per heavy atom. The van der Waals surface area contributed by atoms with Crippen LogP contribution in [0.25, 0.3) is 22.3 Å². The van der Waals surface area contributed by atoms with Crippen molar-refractivity contribution in [2.24, 2.45) is 0 Å². The van der Waals surface area contributed by atoms with Gasteiger partial charge in [-0.2, -0.15) is 0 Å². The Hall–Kier alpha value is -2.43. The summed E-state index contributed by atoms with van der Waals surface area (Å²) < 4.78 is 0. The van der Waals surface area contributed by atoms with Gasteiger partial charge in [0.25, 0.3) is 0 Å². The number of H-pyrrole nitrogens is 2. The van der Waals surface area contributed by atoms with Crippen molar-refractivity contribution in [3.05, 3.63) is 46.3 Å².